The number of methoxy groups -OCH3 is 1. The third kappa shape index (κ3) is 7.39. The molecule has 0 saturated carbocycles. The highest BCUT2D eigenvalue weighted by Gasteiger charge is 2.37. The maximum atomic E-state index is 13.2. The quantitative estimate of drug-likeness (QED) is 0.324. The fourth-order valence-corrected chi connectivity index (χ4v) is 4.91. The molecule has 1 amide bonds. The molecule has 0 unspecified atom stereocenters. The van der Waals surface area contributed by atoms with Crippen LogP contribution in [0, 0.1) is 0 Å². The first-order valence-corrected chi connectivity index (χ1v) is 12.5. The van der Waals surface area contributed by atoms with Crippen molar-refractivity contribution < 1.29 is 44.3 Å². The van der Waals surface area contributed by atoms with Crippen LogP contribution < -0.4 is 14.8 Å². The molecule has 2 N–H and O–H groups in total. The molecule has 204 valence electrons. The third-order valence-corrected chi connectivity index (χ3v) is 6.95. The van der Waals surface area contributed by atoms with Crippen LogP contribution in [0.25, 0.3) is 0 Å². The summed E-state index contributed by atoms with van der Waals surface area (Å²) in [4.78, 5) is 12.7. The van der Waals surface area contributed by atoms with Crippen molar-refractivity contribution in [3.05, 3.63) is 88.4 Å². The molecule has 14 heteroatoms. The highest BCUT2D eigenvalue weighted by molar-refractivity contribution is 7.89. The van der Waals surface area contributed by atoms with Gasteiger partial charge in [-0.3, -0.25) is 4.79 Å². The van der Waals surface area contributed by atoms with E-state index in [1.165, 1.54) is 13.2 Å². The zero-order valence-corrected chi connectivity index (χ0v) is 20.9. The van der Waals surface area contributed by atoms with Crippen LogP contribution in [0.4, 0.5) is 32.0 Å². The average Bonchev–Trinajstić information content (AvgIpc) is 2.82. The zero-order valence-electron chi connectivity index (χ0n) is 19.3. The number of amides is 1. The lowest BCUT2D eigenvalue weighted by molar-refractivity contribution is -0.143. The summed E-state index contributed by atoms with van der Waals surface area (Å²) >= 11 is 5.99. The van der Waals surface area contributed by atoms with E-state index < -0.39 is 51.1 Å². The minimum absolute atomic E-state index is 0.0527. The molecule has 0 fully saturated rings. The first kappa shape index (κ1) is 29.3. The molecule has 0 saturated heterocycles. The highest BCUT2D eigenvalue weighted by Crippen LogP contribution is 2.37. The number of carbonyl (C=O) groups is 1. The Balaban J connectivity index is 1.98. The molecule has 6 nitrogen and oxygen atoms in total. The second-order valence-corrected chi connectivity index (χ2v) is 10.1. The summed E-state index contributed by atoms with van der Waals surface area (Å²) in [6.45, 7) is 0. The van der Waals surface area contributed by atoms with Crippen molar-refractivity contribution in [2.75, 3.05) is 12.4 Å². The van der Waals surface area contributed by atoms with Crippen molar-refractivity contribution in [2.45, 2.75) is 29.7 Å². The van der Waals surface area contributed by atoms with Gasteiger partial charge in [-0.2, -0.15) is 31.1 Å². The molecule has 3 aromatic carbocycles. The Morgan fingerprint density at radius 3 is 2.00 bits per heavy atom. The van der Waals surface area contributed by atoms with Gasteiger partial charge in [0.1, 0.15) is 11.8 Å². The van der Waals surface area contributed by atoms with Gasteiger partial charge >= 0.3 is 12.4 Å². The van der Waals surface area contributed by atoms with Crippen molar-refractivity contribution >= 4 is 33.2 Å². The summed E-state index contributed by atoms with van der Waals surface area (Å²) in [7, 11) is -3.13. The lowest BCUT2D eigenvalue weighted by Crippen LogP contribution is -2.45. The highest BCUT2D eigenvalue weighted by atomic mass is 35.5. The van der Waals surface area contributed by atoms with Crippen LogP contribution in [0.15, 0.2) is 71.6 Å². The maximum absolute atomic E-state index is 13.2. The topological polar surface area (TPSA) is 84.5 Å². The van der Waals surface area contributed by atoms with Gasteiger partial charge in [-0.15, -0.1) is 0 Å². The minimum atomic E-state index is -5.14. The summed E-state index contributed by atoms with van der Waals surface area (Å²) in [5, 5.41) is 1.93. The Labute approximate surface area is 218 Å². The summed E-state index contributed by atoms with van der Waals surface area (Å²) in [5.41, 5.74) is -3.64. The van der Waals surface area contributed by atoms with Gasteiger partial charge < -0.3 is 10.1 Å². The average molecular weight is 581 g/mol. The number of anilines is 1. The van der Waals surface area contributed by atoms with E-state index >= 15 is 0 Å². The first-order valence-electron chi connectivity index (χ1n) is 10.6. The summed E-state index contributed by atoms with van der Waals surface area (Å²) in [5.74, 6) is -1.02. The number of benzene rings is 3. The van der Waals surface area contributed by atoms with Crippen molar-refractivity contribution in [2.24, 2.45) is 0 Å². The molecule has 0 aromatic heterocycles. The monoisotopic (exact) mass is 580 g/mol. The van der Waals surface area contributed by atoms with E-state index in [4.69, 9.17) is 16.3 Å². The van der Waals surface area contributed by atoms with E-state index in [-0.39, 0.29) is 28.2 Å². The van der Waals surface area contributed by atoms with Crippen molar-refractivity contribution in [3.63, 3.8) is 0 Å². The van der Waals surface area contributed by atoms with Crippen molar-refractivity contribution in [1.29, 1.82) is 0 Å². The molecule has 0 aliphatic carbocycles. The molecule has 0 bridgehead atoms. The number of alkyl halides is 6. The van der Waals surface area contributed by atoms with Crippen molar-refractivity contribution in [3.8, 4) is 5.75 Å². The Morgan fingerprint density at radius 1 is 0.921 bits per heavy atom. The van der Waals surface area contributed by atoms with Gasteiger partial charge in [0, 0.05) is 5.69 Å². The third-order valence-electron chi connectivity index (χ3n) is 5.19. The molecular weight excluding hydrogens is 562 g/mol. The number of nitrogens with one attached hydrogen (secondary N) is 2. The smallest absolute Gasteiger partial charge is 0.416 e. The summed E-state index contributed by atoms with van der Waals surface area (Å²) in [6, 6.07) is 10.4. The van der Waals surface area contributed by atoms with Crippen LogP contribution in [0.1, 0.15) is 16.7 Å². The SMILES string of the molecule is COc1ccc(S(=O)(=O)N[C@H](Cc2ccccc2)C(=O)Nc2cc(C(F)(F)F)cc(C(F)(F)F)c2)cc1Cl. The normalized spacial score (nSPS) is 13.2. The first-order chi connectivity index (χ1) is 17.6. The number of hydrogen-bond acceptors (Lipinski definition) is 4. The van der Waals surface area contributed by atoms with Gasteiger partial charge in [0.25, 0.3) is 0 Å². The number of sulfonamides is 1. The van der Waals surface area contributed by atoms with Crippen LogP contribution in [0.2, 0.25) is 5.02 Å². The molecule has 0 radical (unpaired) electrons. The van der Waals surface area contributed by atoms with E-state index in [0.717, 1.165) is 12.1 Å². The van der Waals surface area contributed by atoms with E-state index in [1.54, 1.807) is 30.3 Å². The zero-order chi connectivity index (χ0) is 28.3. The van der Waals surface area contributed by atoms with Crippen LogP contribution in [0.5, 0.6) is 5.75 Å². The second-order valence-electron chi connectivity index (χ2n) is 7.94. The molecule has 0 aliphatic rings. The van der Waals surface area contributed by atoms with Crippen LogP contribution >= 0.6 is 11.6 Å². The Bertz CT molecular complexity index is 1380. The second kappa shape index (κ2) is 11.2. The van der Waals surface area contributed by atoms with Crippen LogP contribution in [-0.4, -0.2) is 27.5 Å². The fourth-order valence-electron chi connectivity index (χ4n) is 3.36. The van der Waals surface area contributed by atoms with Gasteiger partial charge in [-0.05, 0) is 48.4 Å². The number of carbonyl (C=O) groups excluding carboxylic acids is 1. The lowest BCUT2D eigenvalue weighted by Gasteiger charge is -2.20. The van der Waals surface area contributed by atoms with E-state index in [9.17, 15) is 39.6 Å². The molecule has 38 heavy (non-hydrogen) atoms. The van der Waals surface area contributed by atoms with Crippen LogP contribution in [0.3, 0.4) is 0 Å². The summed E-state index contributed by atoms with van der Waals surface area (Å²) in [6.07, 6.45) is -10.6. The lowest BCUT2D eigenvalue weighted by atomic mass is 10.1. The predicted octanol–water partition coefficient (Wildman–Crippen LogP) is 5.91. The standard InChI is InChI=1S/C24H19ClF6N2O4S/c1-37-21-8-7-18(13-19(21)25)38(35,36)33-20(9-14-5-3-2-4-6-14)22(34)32-17-11-15(23(26,27)28)10-16(12-17)24(29,30)31/h2-8,10-13,20,33H,9H2,1H3,(H,32,34)/t20-/m1/s1. The Morgan fingerprint density at radius 2 is 1.50 bits per heavy atom. The van der Waals surface area contributed by atoms with Gasteiger partial charge in [-0.1, -0.05) is 41.9 Å². The van der Waals surface area contributed by atoms with Gasteiger partial charge in [0.2, 0.25) is 15.9 Å². The number of ether oxygens (including phenoxy) is 1. The number of halogens is 7. The Kier molecular flexibility index (Phi) is 8.64. The van der Waals surface area contributed by atoms with Crippen molar-refractivity contribution in [1.82, 2.24) is 4.72 Å². The van der Waals surface area contributed by atoms with Gasteiger partial charge in [0.05, 0.1) is 28.2 Å². The molecule has 0 aliphatic heterocycles. The fraction of sp³-hybridized carbons (Fsp3) is 0.208. The molecular formula is C24H19ClF6N2O4S. The Hall–Kier alpha value is -3.29. The summed E-state index contributed by atoms with van der Waals surface area (Å²) < 4.78 is 113. The number of hydrogen-bond donors (Lipinski definition) is 2. The molecule has 1 atom stereocenters. The molecule has 3 rings (SSSR count). The molecule has 0 heterocycles. The van der Waals surface area contributed by atoms with E-state index in [0.29, 0.717) is 17.7 Å². The van der Waals surface area contributed by atoms with Gasteiger partial charge in [0.15, 0.2) is 0 Å². The number of rotatable bonds is 8. The maximum Gasteiger partial charge on any atom is 0.416 e. The van der Waals surface area contributed by atoms with Crippen LogP contribution in [-0.2, 0) is 33.6 Å². The molecule has 0 spiro atoms. The minimum Gasteiger partial charge on any atom is -0.495 e. The largest absolute Gasteiger partial charge is 0.495 e. The molecule has 3 aromatic rings. The van der Waals surface area contributed by atoms with E-state index in [1.807, 2.05) is 5.32 Å². The predicted molar refractivity (Wildman–Crippen MR) is 127 cm³/mol. The van der Waals surface area contributed by atoms with Gasteiger partial charge in [-0.25, -0.2) is 8.42 Å². The van der Waals surface area contributed by atoms with E-state index in [2.05, 4.69) is 4.72 Å².